The van der Waals surface area contributed by atoms with Gasteiger partial charge in [0, 0.05) is 19.6 Å². The molecule has 0 radical (unpaired) electrons. The van der Waals surface area contributed by atoms with Gasteiger partial charge in [-0.05, 0) is 26.3 Å². The third-order valence-electron chi connectivity index (χ3n) is 3.40. The molecule has 1 aromatic heterocycles. The molecule has 1 amide bonds. The van der Waals surface area contributed by atoms with E-state index in [9.17, 15) is 4.79 Å². The van der Waals surface area contributed by atoms with Gasteiger partial charge in [-0.1, -0.05) is 42.1 Å². The molecule has 22 heavy (non-hydrogen) atoms. The van der Waals surface area contributed by atoms with Crippen LogP contribution in [-0.2, 0) is 18.4 Å². The SMILES string of the molecule is CC(Sc1nncn1C)C(=O)N(Cc1ccccc1)C(C)C. The molecule has 0 bridgehead atoms. The molecule has 2 rings (SSSR count). The van der Waals surface area contributed by atoms with E-state index in [0.717, 1.165) is 10.7 Å². The molecule has 6 heteroatoms. The normalized spacial score (nSPS) is 12.4. The van der Waals surface area contributed by atoms with Crippen molar-refractivity contribution in [3.8, 4) is 0 Å². The fourth-order valence-corrected chi connectivity index (χ4v) is 2.98. The summed E-state index contributed by atoms with van der Waals surface area (Å²) in [4.78, 5) is 14.7. The predicted octanol–water partition coefficient (Wildman–Crippen LogP) is 2.73. The minimum Gasteiger partial charge on any atom is -0.335 e. The van der Waals surface area contributed by atoms with E-state index in [0.29, 0.717) is 6.54 Å². The largest absolute Gasteiger partial charge is 0.335 e. The third-order valence-corrected chi connectivity index (χ3v) is 4.54. The number of amides is 1. The number of carbonyl (C=O) groups is 1. The Hall–Kier alpha value is -1.82. The number of hydrogen-bond acceptors (Lipinski definition) is 4. The molecule has 1 unspecified atom stereocenters. The third kappa shape index (κ3) is 4.10. The summed E-state index contributed by atoms with van der Waals surface area (Å²) in [5, 5.41) is 8.43. The second-order valence-corrected chi connectivity index (χ2v) is 6.84. The first-order valence-corrected chi connectivity index (χ1v) is 8.22. The Labute approximate surface area is 135 Å². The Morgan fingerprint density at radius 3 is 2.50 bits per heavy atom. The molecule has 0 aliphatic rings. The van der Waals surface area contributed by atoms with E-state index in [-0.39, 0.29) is 17.2 Å². The maximum absolute atomic E-state index is 12.8. The number of aromatic nitrogens is 3. The van der Waals surface area contributed by atoms with Crippen molar-refractivity contribution in [2.24, 2.45) is 7.05 Å². The Morgan fingerprint density at radius 1 is 1.27 bits per heavy atom. The number of benzene rings is 1. The van der Waals surface area contributed by atoms with Crippen molar-refractivity contribution in [1.82, 2.24) is 19.7 Å². The summed E-state index contributed by atoms with van der Waals surface area (Å²) in [6.45, 7) is 6.63. The molecule has 1 atom stereocenters. The van der Waals surface area contributed by atoms with E-state index >= 15 is 0 Å². The Morgan fingerprint density at radius 2 is 1.95 bits per heavy atom. The number of thioether (sulfide) groups is 1. The van der Waals surface area contributed by atoms with Crippen molar-refractivity contribution in [3.05, 3.63) is 42.2 Å². The van der Waals surface area contributed by atoms with Crippen molar-refractivity contribution >= 4 is 17.7 Å². The minimum absolute atomic E-state index is 0.117. The molecule has 0 fully saturated rings. The first-order chi connectivity index (χ1) is 10.5. The fraction of sp³-hybridized carbons (Fsp3) is 0.438. The molecule has 0 saturated carbocycles. The lowest BCUT2D eigenvalue weighted by molar-refractivity contribution is -0.132. The van der Waals surface area contributed by atoms with Crippen LogP contribution in [0.2, 0.25) is 0 Å². The molecule has 2 aromatic rings. The van der Waals surface area contributed by atoms with Crippen LogP contribution in [0.3, 0.4) is 0 Å². The Bertz CT molecular complexity index is 612. The summed E-state index contributed by atoms with van der Waals surface area (Å²) in [5.41, 5.74) is 1.14. The highest BCUT2D eigenvalue weighted by molar-refractivity contribution is 8.00. The van der Waals surface area contributed by atoms with Crippen LogP contribution in [0.15, 0.2) is 41.8 Å². The zero-order valence-corrected chi connectivity index (χ0v) is 14.2. The number of hydrogen-bond donors (Lipinski definition) is 0. The van der Waals surface area contributed by atoms with Crippen LogP contribution in [0.1, 0.15) is 26.3 Å². The van der Waals surface area contributed by atoms with Gasteiger partial charge in [0.25, 0.3) is 0 Å². The summed E-state index contributed by atoms with van der Waals surface area (Å²) in [6.07, 6.45) is 1.64. The highest BCUT2D eigenvalue weighted by Crippen LogP contribution is 2.23. The van der Waals surface area contributed by atoms with Crippen molar-refractivity contribution in [2.45, 2.75) is 43.8 Å². The lowest BCUT2D eigenvalue weighted by atomic mass is 10.2. The maximum Gasteiger partial charge on any atom is 0.236 e. The van der Waals surface area contributed by atoms with Crippen LogP contribution in [-0.4, -0.2) is 36.9 Å². The maximum atomic E-state index is 12.8. The second-order valence-electron chi connectivity index (χ2n) is 5.53. The van der Waals surface area contributed by atoms with Crippen LogP contribution in [0.4, 0.5) is 0 Å². The first-order valence-electron chi connectivity index (χ1n) is 7.34. The van der Waals surface area contributed by atoms with Crippen molar-refractivity contribution in [2.75, 3.05) is 0 Å². The minimum atomic E-state index is -0.200. The average molecular weight is 318 g/mol. The van der Waals surface area contributed by atoms with Crippen molar-refractivity contribution in [3.63, 3.8) is 0 Å². The molecular formula is C16H22N4OS. The van der Waals surface area contributed by atoms with Crippen LogP contribution in [0.5, 0.6) is 0 Å². The number of aryl methyl sites for hydroxylation is 1. The van der Waals surface area contributed by atoms with Crippen molar-refractivity contribution in [1.29, 1.82) is 0 Å². The topological polar surface area (TPSA) is 51.0 Å². The molecule has 0 aliphatic carbocycles. The van der Waals surface area contributed by atoms with Gasteiger partial charge < -0.3 is 9.47 Å². The van der Waals surface area contributed by atoms with E-state index in [1.807, 2.05) is 67.6 Å². The number of nitrogens with zero attached hydrogens (tertiary/aromatic N) is 4. The van der Waals surface area contributed by atoms with Gasteiger partial charge in [0.2, 0.25) is 5.91 Å². The standard InChI is InChI=1S/C16H22N4OS/c1-12(2)20(10-14-8-6-5-7-9-14)15(21)13(3)22-16-18-17-11-19(16)4/h5-9,11-13H,10H2,1-4H3. The lowest BCUT2D eigenvalue weighted by Gasteiger charge is -2.29. The molecule has 5 nitrogen and oxygen atoms in total. The van der Waals surface area contributed by atoms with E-state index in [4.69, 9.17) is 0 Å². The van der Waals surface area contributed by atoms with Crippen LogP contribution in [0, 0.1) is 0 Å². The van der Waals surface area contributed by atoms with Gasteiger partial charge in [-0.2, -0.15) is 0 Å². The average Bonchev–Trinajstić information content (AvgIpc) is 2.90. The summed E-state index contributed by atoms with van der Waals surface area (Å²) >= 11 is 1.44. The second kappa shape index (κ2) is 7.45. The number of carbonyl (C=O) groups excluding carboxylic acids is 1. The predicted molar refractivity (Wildman–Crippen MR) is 88.5 cm³/mol. The van der Waals surface area contributed by atoms with Gasteiger partial charge in [0.15, 0.2) is 5.16 Å². The van der Waals surface area contributed by atoms with E-state index in [1.54, 1.807) is 6.33 Å². The number of rotatable bonds is 6. The molecule has 1 aromatic carbocycles. The van der Waals surface area contributed by atoms with Crippen LogP contribution in [0.25, 0.3) is 0 Å². The molecule has 0 N–H and O–H groups in total. The van der Waals surface area contributed by atoms with Crippen molar-refractivity contribution < 1.29 is 4.79 Å². The van der Waals surface area contributed by atoms with Gasteiger partial charge in [-0.15, -0.1) is 10.2 Å². The Balaban J connectivity index is 2.07. The summed E-state index contributed by atoms with van der Waals surface area (Å²) in [5.74, 6) is 0.117. The fourth-order valence-electron chi connectivity index (χ4n) is 2.12. The monoisotopic (exact) mass is 318 g/mol. The Kier molecular flexibility index (Phi) is 5.60. The van der Waals surface area contributed by atoms with Gasteiger partial charge in [0.05, 0.1) is 5.25 Å². The highest BCUT2D eigenvalue weighted by atomic mass is 32.2. The summed E-state index contributed by atoms with van der Waals surface area (Å²) < 4.78 is 1.82. The molecule has 0 aliphatic heterocycles. The zero-order chi connectivity index (χ0) is 16.1. The van der Waals surface area contributed by atoms with E-state index < -0.39 is 0 Å². The highest BCUT2D eigenvalue weighted by Gasteiger charge is 2.25. The van der Waals surface area contributed by atoms with Crippen LogP contribution < -0.4 is 0 Å². The van der Waals surface area contributed by atoms with Gasteiger partial charge in [0.1, 0.15) is 6.33 Å². The molecule has 1 heterocycles. The summed E-state index contributed by atoms with van der Waals surface area (Å²) in [6, 6.07) is 10.2. The molecule has 118 valence electrons. The van der Waals surface area contributed by atoms with Gasteiger partial charge >= 0.3 is 0 Å². The van der Waals surface area contributed by atoms with Crippen LogP contribution >= 0.6 is 11.8 Å². The van der Waals surface area contributed by atoms with Gasteiger partial charge in [-0.3, -0.25) is 4.79 Å². The van der Waals surface area contributed by atoms with E-state index in [2.05, 4.69) is 10.2 Å². The molecule has 0 spiro atoms. The van der Waals surface area contributed by atoms with E-state index in [1.165, 1.54) is 11.8 Å². The lowest BCUT2D eigenvalue weighted by Crippen LogP contribution is -2.40. The molecular weight excluding hydrogens is 296 g/mol. The smallest absolute Gasteiger partial charge is 0.236 e. The zero-order valence-electron chi connectivity index (χ0n) is 13.4. The molecule has 0 saturated heterocycles. The quantitative estimate of drug-likeness (QED) is 0.769. The summed E-state index contributed by atoms with van der Waals surface area (Å²) in [7, 11) is 1.88. The van der Waals surface area contributed by atoms with Gasteiger partial charge in [-0.25, -0.2) is 0 Å². The first kappa shape index (κ1) is 16.5.